The van der Waals surface area contributed by atoms with Crippen molar-refractivity contribution < 1.29 is 14.3 Å². The maximum absolute atomic E-state index is 13.3. The van der Waals surface area contributed by atoms with Gasteiger partial charge in [0.2, 0.25) is 5.95 Å². The molecular weight excluding hydrogens is 434 g/mol. The largest absolute Gasteiger partial charge is 0.486 e. The number of allylic oxidation sites excluding steroid dienone is 1. The summed E-state index contributed by atoms with van der Waals surface area (Å²) in [5.74, 6) is 1.59. The average Bonchev–Trinajstić information content (AvgIpc) is 2.89. The Morgan fingerprint density at radius 1 is 1.09 bits per heavy atom. The second kappa shape index (κ2) is 8.90. The third kappa shape index (κ3) is 3.83. The highest BCUT2D eigenvalue weighted by atomic mass is 16.6. The van der Waals surface area contributed by atoms with Crippen LogP contribution >= 0.6 is 0 Å². The topological polar surface area (TPSA) is 101 Å². The van der Waals surface area contributed by atoms with Crippen LogP contribution in [0.4, 0.5) is 5.95 Å². The normalized spacial score (nSPS) is 15.1. The van der Waals surface area contributed by atoms with Crippen LogP contribution in [0, 0.1) is 11.3 Å². The number of carbonyl (C=O) groups excluding carboxylic acids is 1. The number of carbonyl (C=O) groups is 1. The number of fused-ring (bicyclic) bond motifs is 2. The van der Waals surface area contributed by atoms with Crippen LogP contribution in [0.25, 0.3) is 10.9 Å². The van der Waals surface area contributed by atoms with E-state index in [9.17, 15) is 9.59 Å². The van der Waals surface area contributed by atoms with Crippen molar-refractivity contribution in [2.45, 2.75) is 6.54 Å². The van der Waals surface area contributed by atoms with Crippen molar-refractivity contribution in [2.75, 3.05) is 44.3 Å². The van der Waals surface area contributed by atoms with E-state index in [-0.39, 0.29) is 11.5 Å². The van der Waals surface area contributed by atoms with E-state index in [4.69, 9.17) is 19.7 Å². The SMILES string of the molecule is C=CCn1c(N2CCN(C(=O)c3ccc(C#N)cc3)CC2)nc2cc3c(cc2c1=O)OCCO3. The highest BCUT2D eigenvalue weighted by Gasteiger charge is 2.26. The summed E-state index contributed by atoms with van der Waals surface area (Å²) in [6.07, 6.45) is 1.67. The predicted molar refractivity (Wildman–Crippen MR) is 126 cm³/mol. The number of aromatic nitrogens is 2. The summed E-state index contributed by atoms with van der Waals surface area (Å²) >= 11 is 0. The first-order valence-corrected chi connectivity index (χ1v) is 11.1. The summed E-state index contributed by atoms with van der Waals surface area (Å²) < 4.78 is 12.9. The van der Waals surface area contributed by atoms with Crippen molar-refractivity contribution in [3.05, 3.63) is 70.5 Å². The molecule has 0 spiro atoms. The minimum Gasteiger partial charge on any atom is -0.486 e. The zero-order valence-corrected chi connectivity index (χ0v) is 18.6. The third-order valence-electron chi connectivity index (χ3n) is 6.02. The summed E-state index contributed by atoms with van der Waals surface area (Å²) in [6.45, 7) is 7.03. The van der Waals surface area contributed by atoms with E-state index in [0.717, 1.165) is 0 Å². The van der Waals surface area contributed by atoms with Crippen LogP contribution < -0.4 is 19.9 Å². The summed E-state index contributed by atoms with van der Waals surface area (Å²) in [5, 5.41) is 9.42. The number of nitrogens with zero attached hydrogens (tertiary/aromatic N) is 5. The molecule has 3 heterocycles. The number of nitriles is 1. The second-order valence-electron chi connectivity index (χ2n) is 8.10. The molecule has 2 aromatic carbocycles. The fourth-order valence-electron chi connectivity index (χ4n) is 4.26. The molecule has 9 nitrogen and oxygen atoms in total. The summed E-state index contributed by atoms with van der Waals surface area (Å²) in [6, 6.07) is 12.1. The number of piperazine rings is 1. The average molecular weight is 457 g/mol. The molecule has 34 heavy (non-hydrogen) atoms. The van der Waals surface area contributed by atoms with Gasteiger partial charge in [-0.15, -0.1) is 6.58 Å². The molecule has 0 radical (unpaired) electrons. The zero-order chi connectivity index (χ0) is 23.7. The molecule has 172 valence electrons. The van der Waals surface area contributed by atoms with Crippen molar-refractivity contribution in [2.24, 2.45) is 0 Å². The summed E-state index contributed by atoms with van der Waals surface area (Å²) in [7, 11) is 0. The smallest absolute Gasteiger partial charge is 0.263 e. The Labute approximate surface area is 196 Å². The van der Waals surface area contributed by atoms with Gasteiger partial charge < -0.3 is 19.3 Å². The molecule has 3 aromatic rings. The Balaban J connectivity index is 1.42. The van der Waals surface area contributed by atoms with E-state index in [0.29, 0.717) is 85.4 Å². The van der Waals surface area contributed by atoms with Crippen LogP contribution in [-0.4, -0.2) is 59.8 Å². The molecule has 1 amide bonds. The number of benzene rings is 2. The van der Waals surface area contributed by atoms with Crippen molar-refractivity contribution in [1.29, 1.82) is 5.26 Å². The minimum atomic E-state index is -0.173. The zero-order valence-electron chi connectivity index (χ0n) is 18.6. The van der Waals surface area contributed by atoms with E-state index in [1.54, 1.807) is 51.9 Å². The number of hydrogen-bond acceptors (Lipinski definition) is 7. The predicted octanol–water partition coefficient (Wildman–Crippen LogP) is 2.19. The molecule has 1 saturated heterocycles. The molecule has 0 atom stereocenters. The van der Waals surface area contributed by atoms with Gasteiger partial charge in [0.1, 0.15) is 13.2 Å². The Morgan fingerprint density at radius 3 is 2.41 bits per heavy atom. The fourth-order valence-corrected chi connectivity index (χ4v) is 4.26. The van der Waals surface area contributed by atoms with E-state index in [1.165, 1.54) is 0 Å². The number of amides is 1. The maximum Gasteiger partial charge on any atom is 0.263 e. The van der Waals surface area contributed by atoms with Crippen LogP contribution in [0.5, 0.6) is 11.5 Å². The third-order valence-corrected chi connectivity index (χ3v) is 6.02. The standard InChI is InChI=1S/C25H23N5O4/c1-2-7-30-24(32)19-14-21-22(34-13-12-33-21)15-20(19)27-25(30)29-10-8-28(9-11-29)23(31)18-5-3-17(16-26)4-6-18/h2-6,14-15H,1,7-13H2. The molecular formula is C25H23N5O4. The van der Waals surface area contributed by atoms with Gasteiger partial charge >= 0.3 is 0 Å². The van der Waals surface area contributed by atoms with Crippen LogP contribution in [0.2, 0.25) is 0 Å². The van der Waals surface area contributed by atoms with Crippen molar-refractivity contribution in [3.63, 3.8) is 0 Å². The van der Waals surface area contributed by atoms with Crippen molar-refractivity contribution in [1.82, 2.24) is 14.5 Å². The maximum atomic E-state index is 13.3. The lowest BCUT2D eigenvalue weighted by Gasteiger charge is -2.36. The lowest BCUT2D eigenvalue weighted by Crippen LogP contribution is -2.50. The van der Waals surface area contributed by atoms with Crippen LogP contribution in [-0.2, 0) is 6.54 Å². The minimum absolute atomic E-state index is 0.0807. The fraction of sp³-hybridized carbons (Fsp3) is 0.280. The molecule has 1 aromatic heterocycles. The molecule has 2 aliphatic heterocycles. The van der Waals surface area contributed by atoms with Gasteiger partial charge in [0.05, 0.1) is 22.5 Å². The monoisotopic (exact) mass is 457 g/mol. The van der Waals surface area contributed by atoms with Crippen LogP contribution in [0.15, 0.2) is 53.8 Å². The Bertz CT molecular complexity index is 1370. The quantitative estimate of drug-likeness (QED) is 0.554. The second-order valence-corrected chi connectivity index (χ2v) is 8.10. The van der Waals surface area contributed by atoms with Gasteiger partial charge in [-0.05, 0) is 30.3 Å². The van der Waals surface area contributed by atoms with Gasteiger partial charge in [0.15, 0.2) is 11.5 Å². The van der Waals surface area contributed by atoms with Gasteiger partial charge in [-0.25, -0.2) is 4.98 Å². The number of rotatable bonds is 4. The first-order valence-electron chi connectivity index (χ1n) is 11.1. The van der Waals surface area contributed by atoms with E-state index < -0.39 is 0 Å². The molecule has 0 saturated carbocycles. The van der Waals surface area contributed by atoms with Gasteiger partial charge in [-0.3, -0.25) is 14.2 Å². The highest BCUT2D eigenvalue weighted by molar-refractivity contribution is 5.94. The first kappa shape index (κ1) is 21.5. The van der Waals surface area contributed by atoms with E-state index >= 15 is 0 Å². The van der Waals surface area contributed by atoms with Crippen LogP contribution in [0.3, 0.4) is 0 Å². The molecule has 0 unspecified atom stereocenters. The Kier molecular flexibility index (Phi) is 5.64. The molecule has 0 aliphatic carbocycles. The first-order chi connectivity index (χ1) is 16.6. The van der Waals surface area contributed by atoms with E-state index in [1.807, 2.05) is 4.90 Å². The van der Waals surface area contributed by atoms with Crippen LogP contribution in [0.1, 0.15) is 15.9 Å². The van der Waals surface area contributed by atoms with E-state index in [2.05, 4.69) is 12.6 Å². The molecule has 9 heteroatoms. The number of hydrogen-bond donors (Lipinski definition) is 0. The summed E-state index contributed by atoms with van der Waals surface area (Å²) in [5.41, 5.74) is 1.43. The molecule has 1 fully saturated rings. The number of ether oxygens (including phenoxy) is 2. The number of anilines is 1. The molecule has 5 rings (SSSR count). The lowest BCUT2D eigenvalue weighted by atomic mass is 10.1. The van der Waals surface area contributed by atoms with Gasteiger partial charge in [-0.1, -0.05) is 6.08 Å². The summed E-state index contributed by atoms with van der Waals surface area (Å²) in [4.78, 5) is 34.8. The Hall–Kier alpha value is -4.32. The van der Waals surface area contributed by atoms with Crippen molar-refractivity contribution >= 4 is 22.8 Å². The van der Waals surface area contributed by atoms with Crippen molar-refractivity contribution in [3.8, 4) is 17.6 Å². The molecule has 2 aliphatic rings. The lowest BCUT2D eigenvalue weighted by molar-refractivity contribution is 0.0746. The van der Waals surface area contributed by atoms with Gasteiger partial charge in [0, 0.05) is 44.4 Å². The highest BCUT2D eigenvalue weighted by Crippen LogP contribution is 2.33. The van der Waals surface area contributed by atoms with Gasteiger partial charge in [0.25, 0.3) is 11.5 Å². The Morgan fingerprint density at radius 2 is 1.76 bits per heavy atom. The molecule has 0 N–H and O–H groups in total. The van der Waals surface area contributed by atoms with Gasteiger partial charge in [-0.2, -0.15) is 5.26 Å². The molecule has 0 bridgehead atoms.